The first-order valence-corrected chi connectivity index (χ1v) is 7.81. The molecule has 0 saturated heterocycles. The zero-order chi connectivity index (χ0) is 15.8. The SMILES string of the molecule is C=C1CCC2[C@](C)(C(=O)O)CCC[C@]2(C)[C@H]1C=CC(C)=O. The molecule has 2 rings (SSSR count). The second kappa shape index (κ2) is 5.43. The number of hydrogen-bond donors (Lipinski definition) is 1. The summed E-state index contributed by atoms with van der Waals surface area (Å²) in [6.45, 7) is 9.83. The Morgan fingerprint density at radius 2 is 2.00 bits per heavy atom. The third kappa shape index (κ3) is 2.58. The largest absolute Gasteiger partial charge is 0.481 e. The standard InChI is InChI=1S/C18H26O3/c1-12-6-9-15-17(3,14(12)8-7-13(2)19)10-5-11-18(15,4)16(20)21/h7-8,14-15H,1,5-6,9-11H2,2-4H3,(H,20,21)/t14-,15?,17+,18+/m0/s1. The van der Waals surface area contributed by atoms with E-state index >= 15 is 0 Å². The number of allylic oxidation sites excluding steroid dienone is 3. The molecule has 4 atom stereocenters. The van der Waals surface area contributed by atoms with E-state index in [4.69, 9.17) is 0 Å². The highest BCUT2D eigenvalue weighted by Gasteiger charge is 2.56. The number of carboxylic acid groups (broad SMARTS) is 1. The fourth-order valence-corrected chi connectivity index (χ4v) is 4.73. The highest BCUT2D eigenvalue weighted by atomic mass is 16.4. The quantitative estimate of drug-likeness (QED) is 0.631. The molecule has 3 nitrogen and oxygen atoms in total. The molecule has 0 aliphatic heterocycles. The van der Waals surface area contributed by atoms with Gasteiger partial charge in [-0.1, -0.05) is 31.6 Å². The van der Waals surface area contributed by atoms with Crippen LogP contribution in [-0.2, 0) is 9.59 Å². The Hall–Kier alpha value is -1.38. The average molecular weight is 290 g/mol. The number of rotatable bonds is 3. The second-order valence-corrected chi connectivity index (χ2v) is 7.28. The van der Waals surface area contributed by atoms with Crippen LogP contribution in [0.25, 0.3) is 0 Å². The van der Waals surface area contributed by atoms with E-state index in [2.05, 4.69) is 13.5 Å². The predicted octanol–water partition coefficient (Wildman–Crippen LogP) is 4.00. The Balaban J connectivity index is 2.42. The Labute approximate surface area is 127 Å². The predicted molar refractivity (Wildman–Crippen MR) is 82.9 cm³/mol. The molecule has 0 heterocycles. The maximum absolute atomic E-state index is 11.8. The highest BCUT2D eigenvalue weighted by molar-refractivity contribution is 5.87. The molecule has 0 spiro atoms. The van der Waals surface area contributed by atoms with Gasteiger partial charge in [-0.3, -0.25) is 9.59 Å². The van der Waals surface area contributed by atoms with Crippen molar-refractivity contribution in [1.82, 2.24) is 0 Å². The van der Waals surface area contributed by atoms with E-state index in [9.17, 15) is 14.7 Å². The lowest BCUT2D eigenvalue weighted by atomic mass is 9.47. The molecule has 3 heteroatoms. The lowest BCUT2D eigenvalue weighted by Crippen LogP contribution is -2.53. The maximum Gasteiger partial charge on any atom is 0.309 e. The summed E-state index contributed by atoms with van der Waals surface area (Å²) < 4.78 is 0. The van der Waals surface area contributed by atoms with Gasteiger partial charge in [-0.15, -0.1) is 0 Å². The normalized spacial score (nSPS) is 40.0. The van der Waals surface area contributed by atoms with E-state index in [1.807, 2.05) is 13.0 Å². The van der Waals surface area contributed by atoms with Gasteiger partial charge in [0, 0.05) is 5.92 Å². The first kappa shape index (κ1) is 16.0. The Morgan fingerprint density at radius 3 is 2.57 bits per heavy atom. The molecule has 0 bridgehead atoms. The minimum Gasteiger partial charge on any atom is -0.481 e. The van der Waals surface area contributed by atoms with Crippen molar-refractivity contribution in [1.29, 1.82) is 0 Å². The van der Waals surface area contributed by atoms with Crippen molar-refractivity contribution in [2.45, 2.75) is 52.9 Å². The van der Waals surface area contributed by atoms with Gasteiger partial charge in [-0.05, 0) is 56.9 Å². The van der Waals surface area contributed by atoms with E-state index in [-0.39, 0.29) is 23.0 Å². The molecule has 21 heavy (non-hydrogen) atoms. The van der Waals surface area contributed by atoms with Crippen LogP contribution in [0.2, 0.25) is 0 Å². The fourth-order valence-electron chi connectivity index (χ4n) is 4.73. The molecule has 1 unspecified atom stereocenters. The average Bonchev–Trinajstić information content (AvgIpc) is 2.36. The summed E-state index contributed by atoms with van der Waals surface area (Å²) in [5.41, 5.74) is 0.378. The summed E-state index contributed by atoms with van der Waals surface area (Å²) in [7, 11) is 0. The van der Waals surface area contributed by atoms with Gasteiger partial charge < -0.3 is 5.11 Å². The first-order valence-electron chi connectivity index (χ1n) is 7.81. The Kier molecular flexibility index (Phi) is 4.14. The van der Waals surface area contributed by atoms with Crippen LogP contribution in [0.1, 0.15) is 52.9 Å². The first-order chi connectivity index (χ1) is 9.71. The van der Waals surface area contributed by atoms with Crippen LogP contribution in [0.4, 0.5) is 0 Å². The number of fused-ring (bicyclic) bond motifs is 1. The van der Waals surface area contributed by atoms with Gasteiger partial charge in [0.1, 0.15) is 0 Å². The van der Waals surface area contributed by atoms with Crippen LogP contribution in [0.15, 0.2) is 24.3 Å². The minimum absolute atomic E-state index is 0.0327. The topological polar surface area (TPSA) is 54.4 Å². The molecule has 0 aromatic heterocycles. The second-order valence-electron chi connectivity index (χ2n) is 7.28. The van der Waals surface area contributed by atoms with Crippen LogP contribution >= 0.6 is 0 Å². The summed E-state index contributed by atoms with van der Waals surface area (Å²) in [5, 5.41) is 9.73. The summed E-state index contributed by atoms with van der Waals surface area (Å²) in [6, 6.07) is 0. The van der Waals surface area contributed by atoms with Gasteiger partial charge >= 0.3 is 5.97 Å². The van der Waals surface area contributed by atoms with E-state index in [1.54, 1.807) is 13.0 Å². The summed E-state index contributed by atoms with van der Waals surface area (Å²) in [5.74, 6) is -0.395. The van der Waals surface area contributed by atoms with Gasteiger partial charge in [-0.25, -0.2) is 0 Å². The zero-order valence-electron chi connectivity index (χ0n) is 13.3. The summed E-state index contributed by atoms with van der Waals surface area (Å²) in [4.78, 5) is 23.1. The number of carboxylic acids is 1. The molecule has 0 amide bonds. The monoisotopic (exact) mass is 290 g/mol. The van der Waals surface area contributed by atoms with Crippen LogP contribution in [0, 0.1) is 22.7 Å². The van der Waals surface area contributed by atoms with Gasteiger partial charge in [0.25, 0.3) is 0 Å². The highest BCUT2D eigenvalue weighted by Crippen LogP contribution is 2.61. The molecule has 0 aromatic carbocycles. The van der Waals surface area contributed by atoms with Crippen LogP contribution in [-0.4, -0.2) is 16.9 Å². The van der Waals surface area contributed by atoms with Crippen molar-refractivity contribution >= 4 is 11.8 Å². The number of carbonyl (C=O) groups is 2. The third-order valence-corrected chi connectivity index (χ3v) is 5.89. The van der Waals surface area contributed by atoms with Crippen LogP contribution in [0.3, 0.4) is 0 Å². The molecule has 2 aliphatic carbocycles. The van der Waals surface area contributed by atoms with E-state index in [0.717, 1.165) is 37.7 Å². The molecule has 2 fully saturated rings. The molecular weight excluding hydrogens is 264 g/mol. The molecule has 2 aliphatic rings. The van der Waals surface area contributed by atoms with E-state index < -0.39 is 11.4 Å². The maximum atomic E-state index is 11.8. The number of ketones is 1. The number of hydrogen-bond acceptors (Lipinski definition) is 2. The molecule has 0 aromatic rings. The molecule has 116 valence electrons. The summed E-state index contributed by atoms with van der Waals surface area (Å²) >= 11 is 0. The van der Waals surface area contributed by atoms with Crippen LogP contribution < -0.4 is 0 Å². The van der Waals surface area contributed by atoms with Gasteiger partial charge in [0.15, 0.2) is 5.78 Å². The zero-order valence-corrected chi connectivity index (χ0v) is 13.3. The smallest absolute Gasteiger partial charge is 0.309 e. The van der Waals surface area contributed by atoms with Crippen molar-refractivity contribution in [3.05, 3.63) is 24.3 Å². The van der Waals surface area contributed by atoms with Gasteiger partial charge in [-0.2, -0.15) is 0 Å². The molecule has 2 saturated carbocycles. The number of carbonyl (C=O) groups excluding carboxylic acids is 1. The lowest BCUT2D eigenvalue weighted by Gasteiger charge is -2.56. The van der Waals surface area contributed by atoms with Crippen molar-refractivity contribution in [3.63, 3.8) is 0 Å². The van der Waals surface area contributed by atoms with Crippen molar-refractivity contribution in [3.8, 4) is 0 Å². The molecular formula is C18H26O3. The third-order valence-electron chi connectivity index (χ3n) is 5.89. The van der Waals surface area contributed by atoms with Crippen molar-refractivity contribution < 1.29 is 14.7 Å². The fraction of sp³-hybridized carbons (Fsp3) is 0.667. The van der Waals surface area contributed by atoms with Gasteiger partial charge in [0.2, 0.25) is 0 Å². The van der Waals surface area contributed by atoms with E-state index in [1.165, 1.54) is 0 Å². The lowest BCUT2D eigenvalue weighted by molar-refractivity contribution is -0.163. The van der Waals surface area contributed by atoms with Crippen LogP contribution in [0.5, 0.6) is 0 Å². The molecule has 1 N–H and O–H groups in total. The van der Waals surface area contributed by atoms with Gasteiger partial charge in [0.05, 0.1) is 5.41 Å². The molecule has 0 radical (unpaired) electrons. The number of aliphatic carboxylic acids is 1. The minimum atomic E-state index is -0.680. The van der Waals surface area contributed by atoms with E-state index in [0.29, 0.717) is 0 Å². The van der Waals surface area contributed by atoms with Crippen molar-refractivity contribution in [2.75, 3.05) is 0 Å². The Morgan fingerprint density at radius 1 is 1.33 bits per heavy atom. The Bertz CT molecular complexity index is 505. The summed E-state index contributed by atoms with van der Waals surface area (Å²) in [6.07, 6.45) is 8.01. The van der Waals surface area contributed by atoms with Crippen molar-refractivity contribution in [2.24, 2.45) is 22.7 Å².